The minimum atomic E-state index is -4.78. The molecule has 49 heavy (non-hydrogen) atoms. The Morgan fingerprint density at radius 3 is 2.59 bits per heavy atom. The fourth-order valence-corrected chi connectivity index (χ4v) is 6.42. The number of fused-ring (bicyclic) bond motifs is 2. The summed E-state index contributed by atoms with van der Waals surface area (Å²) in [5, 5.41) is 5.41. The zero-order valence-corrected chi connectivity index (χ0v) is 27.1. The number of methoxy groups -OCH3 is 2. The maximum atomic E-state index is 14.3. The number of hydrogen-bond acceptors (Lipinski definition) is 8. The van der Waals surface area contributed by atoms with E-state index in [9.17, 15) is 18.0 Å². The number of para-hydroxylation sites is 1. The molecule has 6 aromatic rings. The van der Waals surface area contributed by atoms with Crippen molar-refractivity contribution in [3.8, 4) is 22.9 Å². The molecule has 1 atom stereocenters. The Morgan fingerprint density at radius 2 is 1.84 bits per heavy atom. The molecule has 1 aliphatic heterocycles. The smallest absolute Gasteiger partial charge is 0.449 e. The summed E-state index contributed by atoms with van der Waals surface area (Å²) in [5.41, 5.74) is 3.25. The number of amides is 1. The highest BCUT2D eigenvalue weighted by Crippen LogP contribution is 2.35. The Kier molecular flexibility index (Phi) is 8.44. The van der Waals surface area contributed by atoms with Crippen LogP contribution in [0.2, 0.25) is 0 Å². The topological polar surface area (TPSA) is 119 Å². The van der Waals surface area contributed by atoms with Crippen molar-refractivity contribution in [3.63, 3.8) is 0 Å². The first-order valence-corrected chi connectivity index (χ1v) is 15.7. The van der Waals surface area contributed by atoms with E-state index in [0.29, 0.717) is 54.8 Å². The van der Waals surface area contributed by atoms with Crippen LogP contribution in [0.1, 0.15) is 29.8 Å². The van der Waals surface area contributed by atoms with Gasteiger partial charge in [-0.25, -0.2) is 15.0 Å². The quantitative estimate of drug-likeness (QED) is 0.234. The molecule has 15 heteroatoms. The third kappa shape index (κ3) is 6.40. The third-order valence-electron chi connectivity index (χ3n) is 8.81. The lowest BCUT2D eigenvalue weighted by Gasteiger charge is -2.29. The van der Waals surface area contributed by atoms with E-state index in [0.717, 1.165) is 21.2 Å². The molecule has 5 heterocycles. The van der Waals surface area contributed by atoms with Crippen molar-refractivity contribution < 1.29 is 27.4 Å². The van der Waals surface area contributed by atoms with Crippen LogP contribution in [0.4, 0.5) is 13.2 Å². The van der Waals surface area contributed by atoms with E-state index < -0.39 is 30.5 Å². The second-order valence-electron chi connectivity index (χ2n) is 11.9. The van der Waals surface area contributed by atoms with Crippen molar-refractivity contribution in [1.82, 2.24) is 44.1 Å². The average molecular weight is 674 g/mol. The van der Waals surface area contributed by atoms with Crippen LogP contribution in [-0.4, -0.2) is 83.8 Å². The van der Waals surface area contributed by atoms with Gasteiger partial charge in [0.05, 0.1) is 60.0 Å². The maximum absolute atomic E-state index is 14.3. The highest BCUT2D eigenvalue weighted by atomic mass is 19.4. The van der Waals surface area contributed by atoms with Crippen LogP contribution in [0.5, 0.6) is 11.6 Å². The summed E-state index contributed by atoms with van der Waals surface area (Å²) in [4.78, 5) is 34.6. The largest absolute Gasteiger partial charge is 0.497 e. The van der Waals surface area contributed by atoms with E-state index in [1.165, 1.54) is 25.3 Å². The molecule has 4 aromatic heterocycles. The second kappa shape index (κ2) is 12.9. The molecule has 0 bridgehead atoms. The lowest BCUT2D eigenvalue weighted by molar-refractivity contribution is -0.148. The predicted molar refractivity (Wildman–Crippen MR) is 175 cm³/mol. The number of ether oxygens (including phenoxy) is 2. The van der Waals surface area contributed by atoms with Crippen LogP contribution in [0.3, 0.4) is 0 Å². The molecule has 254 valence electrons. The normalized spacial score (nSPS) is 16.0. The molecule has 1 amide bonds. The monoisotopic (exact) mass is 673 g/mol. The second-order valence-corrected chi connectivity index (χ2v) is 11.9. The van der Waals surface area contributed by atoms with Crippen molar-refractivity contribution in [2.24, 2.45) is 7.05 Å². The minimum absolute atomic E-state index is 0.114. The van der Waals surface area contributed by atoms with Crippen molar-refractivity contribution in [1.29, 1.82) is 0 Å². The number of halogens is 3. The van der Waals surface area contributed by atoms with Crippen molar-refractivity contribution >= 4 is 27.8 Å². The first-order valence-electron chi connectivity index (χ1n) is 15.7. The number of rotatable bonds is 8. The number of imidazole rings is 2. The van der Waals surface area contributed by atoms with E-state index in [4.69, 9.17) is 14.5 Å². The average Bonchev–Trinajstić information content (AvgIpc) is 3.80. The molecular weight excluding hydrogens is 639 g/mol. The highest BCUT2D eigenvalue weighted by Gasteiger charge is 2.39. The lowest BCUT2D eigenvalue weighted by atomic mass is 10.1. The highest BCUT2D eigenvalue weighted by molar-refractivity contribution is 5.85. The number of nitrogens with one attached hydrogen (secondary N) is 1. The summed E-state index contributed by atoms with van der Waals surface area (Å²) in [6.07, 6.45) is -0.772. The third-order valence-corrected chi connectivity index (χ3v) is 8.81. The Balaban J connectivity index is 1.24. The van der Waals surface area contributed by atoms with Gasteiger partial charge in [0.25, 0.3) is 0 Å². The van der Waals surface area contributed by atoms with E-state index >= 15 is 0 Å². The van der Waals surface area contributed by atoms with E-state index in [1.807, 2.05) is 49.6 Å². The molecule has 7 rings (SSSR count). The van der Waals surface area contributed by atoms with Gasteiger partial charge in [0.15, 0.2) is 0 Å². The number of carbonyl (C=O) groups is 1. The number of H-pyrrole nitrogens is 1. The van der Waals surface area contributed by atoms with Crippen molar-refractivity contribution in [2.45, 2.75) is 31.7 Å². The van der Waals surface area contributed by atoms with Gasteiger partial charge in [-0.1, -0.05) is 18.2 Å². The maximum Gasteiger partial charge on any atom is 0.449 e. The Bertz CT molecular complexity index is 2140. The SMILES string of the molecule is COc1ccc2nc(C(F)(F)F)n(CC(=O)N3CCN(Cc4ccn(C)n4)CC[C@@H]3c3ncc(-c4cc5ccccc5nc4OC)[nH]3)c2c1. The van der Waals surface area contributed by atoms with Crippen LogP contribution in [-0.2, 0) is 31.1 Å². The molecule has 0 saturated carbocycles. The van der Waals surface area contributed by atoms with Gasteiger partial charge in [0.2, 0.25) is 17.6 Å². The number of pyridine rings is 1. The summed E-state index contributed by atoms with van der Waals surface area (Å²) < 4.78 is 56.3. The van der Waals surface area contributed by atoms with Gasteiger partial charge in [-0.2, -0.15) is 18.3 Å². The fourth-order valence-electron chi connectivity index (χ4n) is 6.42. The molecule has 0 spiro atoms. The molecular formula is C34H34F3N9O3. The van der Waals surface area contributed by atoms with Gasteiger partial charge in [0.1, 0.15) is 18.1 Å². The number of alkyl halides is 3. The molecule has 0 aliphatic carbocycles. The predicted octanol–water partition coefficient (Wildman–Crippen LogP) is 5.22. The summed E-state index contributed by atoms with van der Waals surface area (Å²) in [6.45, 7) is 1.32. The van der Waals surface area contributed by atoms with Crippen LogP contribution in [0, 0.1) is 0 Å². The van der Waals surface area contributed by atoms with Gasteiger partial charge in [-0.15, -0.1) is 0 Å². The summed E-state index contributed by atoms with van der Waals surface area (Å²) in [5.74, 6) is -0.379. The van der Waals surface area contributed by atoms with Gasteiger partial charge >= 0.3 is 6.18 Å². The molecule has 0 radical (unpaired) electrons. The van der Waals surface area contributed by atoms with Crippen LogP contribution in [0.15, 0.2) is 67.0 Å². The number of aromatic amines is 1. The summed E-state index contributed by atoms with van der Waals surface area (Å²) in [6, 6.07) is 15.5. The van der Waals surface area contributed by atoms with Gasteiger partial charge in [-0.3, -0.25) is 14.4 Å². The molecule has 1 N–H and O–H groups in total. The van der Waals surface area contributed by atoms with E-state index in [1.54, 1.807) is 22.9 Å². The molecule has 12 nitrogen and oxygen atoms in total. The first-order chi connectivity index (χ1) is 23.6. The Labute approximate surface area is 279 Å². The number of nitrogens with zero attached hydrogens (tertiary/aromatic N) is 8. The standard InChI is InChI=1S/C34H34F3N9O3/c1-43-12-10-22(42-43)19-44-13-11-28(31-38-18-27(39-31)24-16-21-6-4-5-7-25(21)40-32(24)49-3)45(15-14-44)30(47)20-46-29-17-23(48-2)8-9-26(29)41-33(46)34(35,36)37/h4-10,12,16-18,28H,11,13-15,19-20H2,1-3H3,(H,38,39)/t28-/m1/s1. The summed E-state index contributed by atoms with van der Waals surface area (Å²) in [7, 11) is 4.82. The Hall–Kier alpha value is -5.44. The van der Waals surface area contributed by atoms with Crippen molar-refractivity contribution in [3.05, 3.63) is 84.3 Å². The zero-order chi connectivity index (χ0) is 34.3. The van der Waals surface area contributed by atoms with Gasteiger partial charge in [0, 0.05) is 50.9 Å². The first kappa shape index (κ1) is 32.1. The van der Waals surface area contributed by atoms with Crippen LogP contribution >= 0.6 is 0 Å². The van der Waals surface area contributed by atoms with E-state index in [2.05, 4.69) is 25.0 Å². The Morgan fingerprint density at radius 1 is 1.00 bits per heavy atom. The number of carbonyl (C=O) groups excluding carboxylic acids is 1. The molecule has 1 aliphatic rings. The molecule has 2 aromatic carbocycles. The fraction of sp³-hybridized carbons (Fsp3) is 0.324. The number of aromatic nitrogens is 7. The van der Waals surface area contributed by atoms with E-state index in [-0.39, 0.29) is 17.6 Å². The lowest BCUT2D eigenvalue weighted by Crippen LogP contribution is -2.39. The molecule has 1 saturated heterocycles. The molecule has 0 unspecified atom stereocenters. The minimum Gasteiger partial charge on any atom is -0.497 e. The van der Waals surface area contributed by atoms with Gasteiger partial charge < -0.3 is 23.9 Å². The molecule has 1 fully saturated rings. The summed E-state index contributed by atoms with van der Waals surface area (Å²) >= 11 is 0. The van der Waals surface area contributed by atoms with Crippen LogP contribution < -0.4 is 9.47 Å². The number of hydrogen-bond donors (Lipinski definition) is 1. The zero-order valence-electron chi connectivity index (χ0n) is 27.1. The van der Waals surface area contributed by atoms with Crippen molar-refractivity contribution in [2.75, 3.05) is 33.9 Å². The van der Waals surface area contributed by atoms with Gasteiger partial charge in [-0.05, 0) is 36.8 Å². The number of benzene rings is 2. The van der Waals surface area contributed by atoms with Crippen LogP contribution in [0.25, 0.3) is 33.2 Å². The number of aryl methyl sites for hydroxylation is 1.